The van der Waals surface area contributed by atoms with Crippen LogP contribution in [0.2, 0.25) is 0 Å². The number of amides is 1. The van der Waals surface area contributed by atoms with Crippen molar-refractivity contribution >= 4 is 17.2 Å². The summed E-state index contributed by atoms with van der Waals surface area (Å²) in [4.78, 5) is 12.6. The number of thiophene rings is 1. The van der Waals surface area contributed by atoms with Crippen molar-refractivity contribution in [3.63, 3.8) is 0 Å². The smallest absolute Gasteiger partial charge is 0.225 e. The Balaban J connectivity index is 1.68. The summed E-state index contributed by atoms with van der Waals surface area (Å²) in [6, 6.07) is 3.95. The van der Waals surface area contributed by atoms with Gasteiger partial charge >= 0.3 is 0 Å². The van der Waals surface area contributed by atoms with Gasteiger partial charge in [-0.15, -0.1) is 11.3 Å². The third-order valence-corrected chi connectivity index (χ3v) is 3.34. The van der Waals surface area contributed by atoms with Crippen molar-refractivity contribution < 1.29 is 9.53 Å². The van der Waals surface area contributed by atoms with Gasteiger partial charge in [-0.3, -0.25) is 4.79 Å². The van der Waals surface area contributed by atoms with E-state index in [2.05, 4.69) is 5.32 Å². The van der Waals surface area contributed by atoms with Crippen LogP contribution in [0.15, 0.2) is 17.5 Å². The Morgan fingerprint density at radius 1 is 1.67 bits per heavy atom. The maximum atomic E-state index is 11.5. The van der Waals surface area contributed by atoms with Gasteiger partial charge in [-0.05, 0) is 24.3 Å². The molecule has 0 bridgehead atoms. The normalized spacial score (nSPS) is 20.4. The van der Waals surface area contributed by atoms with Crippen LogP contribution in [0.3, 0.4) is 0 Å². The predicted molar refractivity (Wildman–Crippen MR) is 60.0 cm³/mol. The molecule has 4 heteroatoms. The van der Waals surface area contributed by atoms with E-state index in [1.54, 1.807) is 11.3 Å². The van der Waals surface area contributed by atoms with E-state index in [0.29, 0.717) is 13.0 Å². The number of carbonyl (C=O) groups is 1. The van der Waals surface area contributed by atoms with Crippen LogP contribution in [0, 0.1) is 0 Å². The molecule has 1 aromatic rings. The molecule has 2 heterocycles. The van der Waals surface area contributed by atoms with Crippen molar-refractivity contribution in [1.29, 1.82) is 0 Å². The molecule has 1 aliphatic heterocycles. The van der Waals surface area contributed by atoms with E-state index in [9.17, 15) is 4.79 Å². The monoisotopic (exact) mass is 225 g/mol. The number of nitrogens with one attached hydrogen (secondary N) is 1. The van der Waals surface area contributed by atoms with E-state index >= 15 is 0 Å². The van der Waals surface area contributed by atoms with Gasteiger partial charge < -0.3 is 10.1 Å². The van der Waals surface area contributed by atoms with Crippen molar-refractivity contribution in [2.75, 3.05) is 13.2 Å². The molecule has 0 radical (unpaired) electrons. The van der Waals surface area contributed by atoms with Crippen LogP contribution < -0.4 is 5.32 Å². The van der Waals surface area contributed by atoms with Crippen LogP contribution in [-0.4, -0.2) is 25.2 Å². The summed E-state index contributed by atoms with van der Waals surface area (Å²) in [6.07, 6.45) is 2.91. The molecule has 15 heavy (non-hydrogen) atoms. The highest BCUT2D eigenvalue weighted by Crippen LogP contribution is 2.11. The fraction of sp³-hybridized carbons (Fsp3) is 0.545. The third-order valence-electron chi connectivity index (χ3n) is 2.47. The van der Waals surface area contributed by atoms with Gasteiger partial charge in [0.05, 0.1) is 12.5 Å². The maximum absolute atomic E-state index is 11.5. The lowest BCUT2D eigenvalue weighted by Gasteiger charge is -2.10. The molecule has 0 spiro atoms. The second kappa shape index (κ2) is 5.28. The molecule has 0 unspecified atom stereocenters. The number of hydrogen-bond acceptors (Lipinski definition) is 3. The van der Waals surface area contributed by atoms with Crippen molar-refractivity contribution in [3.8, 4) is 0 Å². The van der Waals surface area contributed by atoms with E-state index in [1.165, 1.54) is 0 Å². The molecule has 1 N–H and O–H groups in total. The number of rotatable bonds is 4. The molecule has 1 aliphatic rings. The van der Waals surface area contributed by atoms with Crippen LogP contribution in [-0.2, 0) is 16.0 Å². The Hall–Kier alpha value is -0.870. The summed E-state index contributed by atoms with van der Waals surface area (Å²) in [5.41, 5.74) is 0. The van der Waals surface area contributed by atoms with Crippen LogP contribution in [0.25, 0.3) is 0 Å². The first-order valence-corrected chi connectivity index (χ1v) is 6.13. The number of carbonyl (C=O) groups excluding carboxylic acids is 1. The molecule has 1 amide bonds. The van der Waals surface area contributed by atoms with Crippen LogP contribution in [0.4, 0.5) is 0 Å². The molecule has 0 aliphatic carbocycles. The molecule has 2 rings (SSSR count). The molecular weight excluding hydrogens is 210 g/mol. The van der Waals surface area contributed by atoms with E-state index in [-0.39, 0.29) is 12.0 Å². The Kier molecular flexibility index (Phi) is 3.75. The summed E-state index contributed by atoms with van der Waals surface area (Å²) in [5, 5.41) is 4.89. The fourth-order valence-corrected chi connectivity index (χ4v) is 2.37. The van der Waals surface area contributed by atoms with Crippen molar-refractivity contribution in [3.05, 3.63) is 22.4 Å². The second-order valence-electron chi connectivity index (χ2n) is 3.70. The SMILES string of the molecule is O=C(Cc1cccs1)NC[C@H]1CCCO1. The summed E-state index contributed by atoms with van der Waals surface area (Å²) < 4.78 is 5.43. The lowest BCUT2D eigenvalue weighted by atomic mass is 10.2. The molecule has 1 saturated heterocycles. The highest BCUT2D eigenvalue weighted by atomic mass is 32.1. The average molecular weight is 225 g/mol. The Labute approximate surface area is 93.4 Å². The minimum absolute atomic E-state index is 0.0907. The maximum Gasteiger partial charge on any atom is 0.225 e. The minimum atomic E-state index is 0.0907. The minimum Gasteiger partial charge on any atom is -0.376 e. The highest BCUT2D eigenvalue weighted by molar-refractivity contribution is 7.10. The summed E-state index contributed by atoms with van der Waals surface area (Å²) in [7, 11) is 0. The van der Waals surface area contributed by atoms with E-state index < -0.39 is 0 Å². The topological polar surface area (TPSA) is 38.3 Å². The lowest BCUT2D eigenvalue weighted by molar-refractivity contribution is -0.120. The fourth-order valence-electron chi connectivity index (χ4n) is 1.67. The zero-order valence-electron chi connectivity index (χ0n) is 8.57. The first-order valence-electron chi connectivity index (χ1n) is 5.25. The van der Waals surface area contributed by atoms with Gasteiger partial charge in [0.2, 0.25) is 5.91 Å². The standard InChI is InChI=1S/C11H15NO2S/c13-11(7-10-4-2-6-15-10)12-8-9-3-1-5-14-9/h2,4,6,9H,1,3,5,7-8H2,(H,12,13)/t9-/m1/s1. The van der Waals surface area contributed by atoms with Gasteiger partial charge in [0.15, 0.2) is 0 Å². The van der Waals surface area contributed by atoms with Crippen LogP contribution >= 0.6 is 11.3 Å². The van der Waals surface area contributed by atoms with Crippen molar-refractivity contribution in [2.24, 2.45) is 0 Å². The molecule has 1 aromatic heterocycles. The third kappa shape index (κ3) is 3.32. The summed E-state index contributed by atoms with van der Waals surface area (Å²) >= 11 is 1.62. The van der Waals surface area contributed by atoms with Gasteiger partial charge in [-0.2, -0.15) is 0 Å². The van der Waals surface area contributed by atoms with Gasteiger partial charge in [0.1, 0.15) is 0 Å². The Morgan fingerprint density at radius 2 is 2.60 bits per heavy atom. The van der Waals surface area contributed by atoms with Crippen LogP contribution in [0.5, 0.6) is 0 Å². The Morgan fingerprint density at radius 3 is 3.27 bits per heavy atom. The lowest BCUT2D eigenvalue weighted by Crippen LogP contribution is -2.32. The van der Waals surface area contributed by atoms with Gasteiger partial charge in [0.25, 0.3) is 0 Å². The van der Waals surface area contributed by atoms with Crippen molar-refractivity contribution in [1.82, 2.24) is 5.32 Å². The molecule has 0 saturated carbocycles. The number of ether oxygens (including phenoxy) is 1. The van der Waals surface area contributed by atoms with E-state index in [0.717, 1.165) is 24.3 Å². The second-order valence-corrected chi connectivity index (χ2v) is 4.73. The van der Waals surface area contributed by atoms with E-state index in [1.807, 2.05) is 17.5 Å². The van der Waals surface area contributed by atoms with Gasteiger partial charge in [-0.25, -0.2) is 0 Å². The quantitative estimate of drug-likeness (QED) is 0.845. The predicted octanol–water partition coefficient (Wildman–Crippen LogP) is 1.59. The molecule has 82 valence electrons. The molecule has 0 aromatic carbocycles. The summed E-state index contributed by atoms with van der Waals surface area (Å²) in [6.45, 7) is 1.50. The van der Waals surface area contributed by atoms with E-state index in [4.69, 9.17) is 4.74 Å². The van der Waals surface area contributed by atoms with Crippen LogP contribution in [0.1, 0.15) is 17.7 Å². The molecular formula is C11H15NO2S. The highest BCUT2D eigenvalue weighted by Gasteiger charge is 2.16. The number of hydrogen-bond donors (Lipinski definition) is 1. The van der Waals surface area contributed by atoms with Crippen molar-refractivity contribution in [2.45, 2.75) is 25.4 Å². The first kappa shape index (κ1) is 10.6. The molecule has 3 nitrogen and oxygen atoms in total. The van der Waals surface area contributed by atoms with Gasteiger partial charge in [0, 0.05) is 18.0 Å². The summed E-state index contributed by atoms with van der Waals surface area (Å²) in [5.74, 6) is 0.0907. The zero-order chi connectivity index (χ0) is 10.5. The Bertz CT molecular complexity index is 304. The van der Waals surface area contributed by atoms with Gasteiger partial charge in [-0.1, -0.05) is 6.07 Å². The average Bonchev–Trinajstić information content (AvgIpc) is 2.86. The first-order chi connectivity index (χ1) is 7.34. The molecule has 1 atom stereocenters. The zero-order valence-corrected chi connectivity index (χ0v) is 9.39. The molecule has 1 fully saturated rings. The largest absolute Gasteiger partial charge is 0.376 e.